The lowest BCUT2D eigenvalue weighted by atomic mass is 9.98. The fraction of sp³-hybridized carbons (Fsp3) is 0.857. The van der Waals surface area contributed by atoms with E-state index in [1.807, 2.05) is 4.90 Å². The van der Waals surface area contributed by atoms with Crippen LogP contribution in [0.4, 0.5) is 4.79 Å². The zero-order valence-electron chi connectivity index (χ0n) is 12.6. The molecule has 114 valence electrons. The number of nitrogens with zero attached hydrogens (tertiary/aromatic N) is 3. The number of likely N-dealkylation sites (tertiary alicyclic amines) is 1. The molecule has 0 aromatic heterocycles. The maximum Gasteiger partial charge on any atom is 0.320 e. The van der Waals surface area contributed by atoms with E-state index in [4.69, 9.17) is 5.11 Å². The second kappa shape index (κ2) is 5.99. The van der Waals surface area contributed by atoms with Crippen molar-refractivity contribution in [1.29, 1.82) is 0 Å². The van der Waals surface area contributed by atoms with E-state index in [1.165, 1.54) is 0 Å². The Labute approximate surface area is 120 Å². The fourth-order valence-electron chi connectivity index (χ4n) is 3.11. The summed E-state index contributed by atoms with van der Waals surface area (Å²) in [6, 6.07) is 0.674. The van der Waals surface area contributed by atoms with Crippen LogP contribution in [0.15, 0.2) is 0 Å². The van der Waals surface area contributed by atoms with Crippen LogP contribution >= 0.6 is 0 Å². The minimum Gasteiger partial charge on any atom is -0.481 e. The number of aliphatic carboxylic acids is 1. The zero-order valence-corrected chi connectivity index (χ0v) is 12.6. The summed E-state index contributed by atoms with van der Waals surface area (Å²) in [4.78, 5) is 29.5. The Hall–Kier alpha value is -1.30. The highest BCUT2D eigenvalue weighted by molar-refractivity contribution is 5.77. The number of likely N-dealkylation sites (N-methyl/N-ethyl adjacent to an activating group) is 1. The molecule has 6 nitrogen and oxygen atoms in total. The van der Waals surface area contributed by atoms with Crippen LogP contribution in [-0.2, 0) is 4.79 Å². The monoisotopic (exact) mass is 283 g/mol. The highest BCUT2D eigenvalue weighted by Gasteiger charge is 2.34. The first-order chi connectivity index (χ1) is 9.40. The smallest absolute Gasteiger partial charge is 0.320 e. The molecular weight excluding hydrogens is 258 g/mol. The third-order valence-corrected chi connectivity index (χ3v) is 4.67. The summed E-state index contributed by atoms with van der Waals surface area (Å²) < 4.78 is 0. The average Bonchev–Trinajstić information content (AvgIpc) is 2.43. The zero-order chi connectivity index (χ0) is 14.9. The Bertz CT molecular complexity index is 376. The van der Waals surface area contributed by atoms with E-state index in [1.54, 1.807) is 4.90 Å². The molecule has 2 unspecified atom stereocenters. The minimum absolute atomic E-state index is 0.00255. The third-order valence-electron chi connectivity index (χ3n) is 4.67. The highest BCUT2D eigenvalue weighted by Crippen LogP contribution is 2.20. The predicted molar refractivity (Wildman–Crippen MR) is 75.6 cm³/mol. The van der Waals surface area contributed by atoms with Gasteiger partial charge < -0.3 is 14.9 Å². The van der Waals surface area contributed by atoms with Crippen LogP contribution in [0.1, 0.15) is 26.7 Å². The molecule has 0 aromatic rings. The summed E-state index contributed by atoms with van der Waals surface area (Å²) in [5.74, 6) is -1.20. The highest BCUT2D eigenvalue weighted by atomic mass is 16.4. The first kappa shape index (κ1) is 15.1. The van der Waals surface area contributed by atoms with Crippen LogP contribution in [0.5, 0.6) is 0 Å². The number of carbonyl (C=O) groups excluding carboxylic acids is 1. The summed E-state index contributed by atoms with van der Waals surface area (Å²) in [5.41, 5.74) is 0. The molecule has 3 atom stereocenters. The number of urea groups is 1. The van der Waals surface area contributed by atoms with Gasteiger partial charge in [-0.1, -0.05) is 0 Å². The number of hydrogen-bond acceptors (Lipinski definition) is 3. The Morgan fingerprint density at radius 3 is 2.20 bits per heavy atom. The number of hydrogen-bond donors (Lipinski definition) is 1. The Morgan fingerprint density at radius 1 is 1.05 bits per heavy atom. The largest absolute Gasteiger partial charge is 0.481 e. The van der Waals surface area contributed by atoms with Crippen LogP contribution in [-0.4, -0.2) is 77.1 Å². The van der Waals surface area contributed by atoms with E-state index in [0.29, 0.717) is 44.7 Å². The molecule has 20 heavy (non-hydrogen) atoms. The van der Waals surface area contributed by atoms with E-state index >= 15 is 0 Å². The Morgan fingerprint density at radius 2 is 1.65 bits per heavy atom. The SMILES string of the molecule is CC1CN(C(=O)N2CCC[C@H](C(=O)O)C2)CC(C)N1C. The van der Waals surface area contributed by atoms with Gasteiger partial charge in [0.2, 0.25) is 0 Å². The van der Waals surface area contributed by atoms with Crippen molar-refractivity contribution >= 4 is 12.0 Å². The summed E-state index contributed by atoms with van der Waals surface area (Å²) >= 11 is 0. The van der Waals surface area contributed by atoms with Gasteiger partial charge in [0.15, 0.2) is 0 Å². The van der Waals surface area contributed by atoms with E-state index in [2.05, 4.69) is 25.8 Å². The molecule has 0 saturated carbocycles. The van der Waals surface area contributed by atoms with Gasteiger partial charge in [-0.2, -0.15) is 0 Å². The predicted octanol–water partition coefficient (Wildman–Crippen LogP) is 0.927. The van der Waals surface area contributed by atoms with Crippen molar-refractivity contribution in [2.75, 3.05) is 33.2 Å². The maximum atomic E-state index is 12.6. The molecule has 6 heteroatoms. The molecule has 0 radical (unpaired) electrons. The molecule has 2 aliphatic rings. The van der Waals surface area contributed by atoms with Crippen molar-refractivity contribution in [2.24, 2.45) is 5.92 Å². The van der Waals surface area contributed by atoms with Crippen molar-refractivity contribution in [2.45, 2.75) is 38.8 Å². The molecule has 0 aliphatic carbocycles. The van der Waals surface area contributed by atoms with E-state index in [-0.39, 0.29) is 6.03 Å². The summed E-state index contributed by atoms with van der Waals surface area (Å²) in [7, 11) is 2.08. The number of carboxylic acids is 1. The van der Waals surface area contributed by atoms with Crippen molar-refractivity contribution in [3.63, 3.8) is 0 Å². The molecule has 2 saturated heterocycles. The molecular formula is C14H25N3O3. The van der Waals surface area contributed by atoms with Crippen LogP contribution in [0.25, 0.3) is 0 Å². The first-order valence-corrected chi connectivity index (χ1v) is 7.38. The van der Waals surface area contributed by atoms with Gasteiger partial charge in [0.25, 0.3) is 0 Å². The maximum absolute atomic E-state index is 12.6. The van der Waals surface area contributed by atoms with Gasteiger partial charge in [-0.05, 0) is 33.7 Å². The average molecular weight is 283 g/mol. The van der Waals surface area contributed by atoms with E-state index in [9.17, 15) is 9.59 Å². The number of carbonyl (C=O) groups is 2. The molecule has 2 amide bonds. The van der Waals surface area contributed by atoms with Crippen LogP contribution in [0.2, 0.25) is 0 Å². The quantitative estimate of drug-likeness (QED) is 0.777. The van der Waals surface area contributed by atoms with Crippen LogP contribution < -0.4 is 0 Å². The lowest BCUT2D eigenvalue weighted by Crippen LogP contribution is -2.59. The number of piperidine rings is 1. The van der Waals surface area contributed by atoms with E-state index in [0.717, 1.165) is 6.42 Å². The van der Waals surface area contributed by atoms with Gasteiger partial charge in [-0.15, -0.1) is 0 Å². The Balaban J connectivity index is 1.98. The minimum atomic E-state index is -0.789. The van der Waals surface area contributed by atoms with Gasteiger partial charge in [0.1, 0.15) is 0 Å². The summed E-state index contributed by atoms with van der Waals surface area (Å²) in [5, 5.41) is 9.11. The Kier molecular flexibility index (Phi) is 4.52. The molecule has 0 spiro atoms. The molecule has 0 bridgehead atoms. The van der Waals surface area contributed by atoms with Gasteiger partial charge in [0, 0.05) is 38.3 Å². The lowest BCUT2D eigenvalue weighted by molar-refractivity contribution is -0.143. The van der Waals surface area contributed by atoms with Gasteiger partial charge >= 0.3 is 12.0 Å². The van der Waals surface area contributed by atoms with Crippen molar-refractivity contribution in [3.8, 4) is 0 Å². The molecule has 2 heterocycles. The van der Waals surface area contributed by atoms with Gasteiger partial charge in [0.05, 0.1) is 5.92 Å². The number of rotatable bonds is 1. The summed E-state index contributed by atoms with van der Waals surface area (Å²) in [6.07, 6.45) is 1.45. The number of carboxylic acid groups (broad SMARTS) is 1. The molecule has 0 aromatic carbocycles. The standard InChI is InChI=1S/C14H25N3O3/c1-10-7-17(8-11(2)15(10)3)14(20)16-6-4-5-12(9-16)13(18)19/h10-12H,4-9H2,1-3H3,(H,18,19)/t10?,11?,12-/m0/s1. The topological polar surface area (TPSA) is 64.1 Å². The molecule has 1 N–H and O–H groups in total. The van der Waals surface area contributed by atoms with Crippen molar-refractivity contribution in [1.82, 2.24) is 14.7 Å². The van der Waals surface area contributed by atoms with Crippen LogP contribution in [0, 0.1) is 5.92 Å². The van der Waals surface area contributed by atoms with Gasteiger partial charge in [-0.25, -0.2) is 4.79 Å². The second-order valence-corrected chi connectivity index (χ2v) is 6.17. The van der Waals surface area contributed by atoms with E-state index < -0.39 is 11.9 Å². The van der Waals surface area contributed by atoms with Gasteiger partial charge in [-0.3, -0.25) is 9.69 Å². The normalized spacial score (nSPS) is 32.2. The molecule has 2 fully saturated rings. The molecule has 2 aliphatic heterocycles. The van der Waals surface area contributed by atoms with Crippen molar-refractivity contribution < 1.29 is 14.7 Å². The lowest BCUT2D eigenvalue weighted by Gasteiger charge is -2.44. The van der Waals surface area contributed by atoms with Crippen LogP contribution in [0.3, 0.4) is 0 Å². The number of piperazine rings is 1. The van der Waals surface area contributed by atoms with Crippen molar-refractivity contribution in [3.05, 3.63) is 0 Å². The molecule has 2 rings (SSSR count). The summed E-state index contributed by atoms with van der Waals surface area (Å²) in [6.45, 7) is 6.70. The first-order valence-electron chi connectivity index (χ1n) is 7.38. The number of amides is 2. The third kappa shape index (κ3) is 3.06. The fourth-order valence-corrected chi connectivity index (χ4v) is 3.11. The second-order valence-electron chi connectivity index (χ2n) is 6.17.